The number of hydrogen-bond donors (Lipinski definition) is 0. The molecule has 25 heavy (non-hydrogen) atoms. The molecule has 7 nitrogen and oxygen atoms in total. The van der Waals surface area contributed by atoms with Gasteiger partial charge < -0.3 is 9.30 Å². The highest BCUT2D eigenvalue weighted by Gasteiger charge is 2.17. The van der Waals surface area contributed by atoms with Crippen molar-refractivity contribution in [3.63, 3.8) is 0 Å². The number of carbonyl (C=O) groups is 1. The number of non-ortho nitro benzene ring substituents is 1. The van der Waals surface area contributed by atoms with E-state index in [0.717, 1.165) is 5.65 Å². The summed E-state index contributed by atoms with van der Waals surface area (Å²) in [5, 5.41) is 10.9. The summed E-state index contributed by atoms with van der Waals surface area (Å²) in [4.78, 5) is 29.0. The molecule has 0 spiro atoms. The Morgan fingerprint density at radius 3 is 2.96 bits per heavy atom. The van der Waals surface area contributed by atoms with Gasteiger partial charge in [-0.25, -0.2) is 4.98 Å². The maximum absolute atomic E-state index is 12.8. The minimum Gasteiger partial charge on any atom is -0.331 e. The van der Waals surface area contributed by atoms with E-state index >= 15 is 0 Å². The van der Waals surface area contributed by atoms with E-state index in [0.29, 0.717) is 17.7 Å². The van der Waals surface area contributed by atoms with Crippen LogP contribution in [0.25, 0.3) is 5.65 Å². The average Bonchev–Trinajstić information content (AvgIpc) is 3.08. The molecule has 0 radical (unpaired) electrons. The van der Waals surface area contributed by atoms with Crippen LogP contribution in [0.15, 0.2) is 67.6 Å². The average molecular weight is 336 g/mol. The van der Waals surface area contributed by atoms with Crippen molar-refractivity contribution in [2.75, 3.05) is 6.54 Å². The van der Waals surface area contributed by atoms with Crippen LogP contribution in [-0.2, 0) is 6.54 Å². The van der Waals surface area contributed by atoms with E-state index in [-0.39, 0.29) is 18.1 Å². The third-order valence-corrected chi connectivity index (χ3v) is 3.77. The molecule has 2 aromatic heterocycles. The summed E-state index contributed by atoms with van der Waals surface area (Å²) in [6, 6.07) is 9.76. The summed E-state index contributed by atoms with van der Waals surface area (Å²) < 4.78 is 1.77. The van der Waals surface area contributed by atoms with Gasteiger partial charge in [-0.2, -0.15) is 0 Å². The molecule has 0 aliphatic carbocycles. The van der Waals surface area contributed by atoms with E-state index < -0.39 is 4.92 Å². The number of fused-ring (bicyclic) bond motifs is 1. The van der Waals surface area contributed by atoms with Crippen molar-refractivity contribution in [3.8, 4) is 0 Å². The van der Waals surface area contributed by atoms with Crippen molar-refractivity contribution < 1.29 is 9.72 Å². The first kappa shape index (κ1) is 16.4. The topological polar surface area (TPSA) is 80.8 Å². The first-order valence-electron chi connectivity index (χ1n) is 7.64. The molecule has 0 unspecified atom stereocenters. The van der Waals surface area contributed by atoms with Crippen molar-refractivity contribution in [3.05, 3.63) is 88.9 Å². The van der Waals surface area contributed by atoms with Gasteiger partial charge in [0.15, 0.2) is 0 Å². The lowest BCUT2D eigenvalue weighted by molar-refractivity contribution is -0.384. The van der Waals surface area contributed by atoms with Crippen LogP contribution in [-0.4, -0.2) is 31.7 Å². The van der Waals surface area contributed by atoms with Gasteiger partial charge in [0.2, 0.25) is 0 Å². The first-order chi connectivity index (χ1) is 12.1. The molecule has 1 aromatic carbocycles. The molecule has 7 heteroatoms. The van der Waals surface area contributed by atoms with Crippen LogP contribution in [0.3, 0.4) is 0 Å². The van der Waals surface area contributed by atoms with Gasteiger partial charge in [-0.15, -0.1) is 6.58 Å². The zero-order valence-electron chi connectivity index (χ0n) is 13.4. The summed E-state index contributed by atoms with van der Waals surface area (Å²) in [6.07, 6.45) is 6.78. The summed E-state index contributed by atoms with van der Waals surface area (Å²) in [7, 11) is 0. The quantitative estimate of drug-likeness (QED) is 0.393. The molecular formula is C18H16N4O3. The largest absolute Gasteiger partial charge is 0.331 e. The van der Waals surface area contributed by atoms with Crippen LogP contribution < -0.4 is 0 Å². The second-order valence-corrected chi connectivity index (χ2v) is 5.51. The van der Waals surface area contributed by atoms with Gasteiger partial charge in [-0.05, 0) is 17.7 Å². The van der Waals surface area contributed by atoms with Crippen molar-refractivity contribution in [2.24, 2.45) is 0 Å². The fourth-order valence-electron chi connectivity index (χ4n) is 2.59. The minimum atomic E-state index is -0.448. The SMILES string of the molecule is C=CCN(Cc1cccc([N+](=O)[O-])c1)C(=O)c1ccc2nccn2c1. The molecule has 0 atom stereocenters. The van der Waals surface area contributed by atoms with Crippen molar-refractivity contribution >= 4 is 17.2 Å². The molecule has 0 saturated carbocycles. The number of aromatic nitrogens is 2. The van der Waals surface area contributed by atoms with Crippen LogP contribution >= 0.6 is 0 Å². The normalized spacial score (nSPS) is 10.6. The predicted molar refractivity (Wildman–Crippen MR) is 93.2 cm³/mol. The Kier molecular flexibility index (Phi) is 4.56. The smallest absolute Gasteiger partial charge is 0.269 e. The van der Waals surface area contributed by atoms with E-state index in [9.17, 15) is 14.9 Å². The zero-order valence-corrected chi connectivity index (χ0v) is 13.4. The summed E-state index contributed by atoms with van der Waals surface area (Å²) >= 11 is 0. The highest BCUT2D eigenvalue weighted by Crippen LogP contribution is 2.16. The van der Waals surface area contributed by atoms with E-state index in [1.807, 2.05) is 0 Å². The highest BCUT2D eigenvalue weighted by molar-refractivity contribution is 5.94. The first-order valence-corrected chi connectivity index (χ1v) is 7.64. The van der Waals surface area contributed by atoms with Crippen molar-refractivity contribution in [1.82, 2.24) is 14.3 Å². The number of benzene rings is 1. The standard InChI is InChI=1S/C18H16N4O3/c1-2-9-21(12-14-4-3-5-16(11-14)22(24)25)18(23)15-6-7-17-19-8-10-20(17)13-15/h2-8,10-11,13H,1,9,12H2. The summed E-state index contributed by atoms with van der Waals surface area (Å²) in [5.74, 6) is -0.179. The third-order valence-electron chi connectivity index (χ3n) is 3.77. The molecule has 3 aromatic rings. The second kappa shape index (κ2) is 6.96. The van der Waals surface area contributed by atoms with Crippen LogP contribution in [0.2, 0.25) is 0 Å². The van der Waals surface area contributed by atoms with Crippen molar-refractivity contribution in [1.29, 1.82) is 0 Å². The number of rotatable bonds is 6. The van der Waals surface area contributed by atoms with E-state index in [4.69, 9.17) is 0 Å². The molecule has 1 amide bonds. The molecule has 3 rings (SSSR count). The monoisotopic (exact) mass is 336 g/mol. The van der Waals surface area contributed by atoms with Gasteiger partial charge in [0.25, 0.3) is 11.6 Å². The Bertz CT molecular complexity index is 948. The van der Waals surface area contributed by atoms with Crippen LogP contribution in [0.4, 0.5) is 5.69 Å². The number of nitro benzene ring substituents is 1. The molecule has 0 N–H and O–H groups in total. The second-order valence-electron chi connectivity index (χ2n) is 5.51. The number of nitro groups is 1. The van der Waals surface area contributed by atoms with E-state index in [2.05, 4.69) is 11.6 Å². The minimum absolute atomic E-state index is 0.00309. The lowest BCUT2D eigenvalue weighted by Gasteiger charge is -2.21. The number of pyridine rings is 1. The lowest BCUT2D eigenvalue weighted by atomic mass is 10.1. The molecule has 0 aliphatic heterocycles. The Balaban J connectivity index is 1.86. The van der Waals surface area contributed by atoms with Gasteiger partial charge in [-0.1, -0.05) is 18.2 Å². The molecule has 126 valence electrons. The zero-order chi connectivity index (χ0) is 17.8. The Morgan fingerprint density at radius 2 is 2.20 bits per heavy atom. The molecular weight excluding hydrogens is 320 g/mol. The number of hydrogen-bond acceptors (Lipinski definition) is 4. The maximum atomic E-state index is 12.8. The third kappa shape index (κ3) is 3.55. The molecule has 0 fully saturated rings. The fourth-order valence-corrected chi connectivity index (χ4v) is 2.59. The number of nitrogens with zero attached hydrogens (tertiary/aromatic N) is 4. The number of amides is 1. The van der Waals surface area contributed by atoms with E-state index in [1.165, 1.54) is 12.1 Å². The molecule has 2 heterocycles. The molecule has 0 aliphatic rings. The van der Waals surface area contributed by atoms with E-state index in [1.54, 1.807) is 58.2 Å². The Morgan fingerprint density at radius 1 is 1.36 bits per heavy atom. The van der Waals surface area contributed by atoms with Crippen LogP contribution in [0.1, 0.15) is 15.9 Å². The van der Waals surface area contributed by atoms with Crippen LogP contribution in [0.5, 0.6) is 0 Å². The summed E-state index contributed by atoms with van der Waals surface area (Å²) in [5.41, 5.74) is 1.96. The predicted octanol–water partition coefficient (Wildman–Crippen LogP) is 3.07. The maximum Gasteiger partial charge on any atom is 0.269 e. The van der Waals surface area contributed by atoms with Gasteiger partial charge in [0.05, 0.1) is 10.5 Å². The van der Waals surface area contributed by atoms with Gasteiger partial charge in [0.1, 0.15) is 5.65 Å². The van der Waals surface area contributed by atoms with Gasteiger partial charge >= 0.3 is 0 Å². The summed E-state index contributed by atoms with van der Waals surface area (Å²) in [6.45, 7) is 4.28. The van der Waals surface area contributed by atoms with Crippen molar-refractivity contribution in [2.45, 2.75) is 6.54 Å². The number of carbonyl (C=O) groups excluding carboxylic acids is 1. The lowest BCUT2D eigenvalue weighted by Crippen LogP contribution is -2.30. The Hall–Kier alpha value is -3.48. The van der Waals surface area contributed by atoms with Gasteiger partial charge in [0, 0.05) is 43.8 Å². The number of imidazole rings is 1. The van der Waals surface area contributed by atoms with Crippen LogP contribution in [0, 0.1) is 10.1 Å². The molecule has 0 bridgehead atoms. The van der Waals surface area contributed by atoms with Gasteiger partial charge in [-0.3, -0.25) is 14.9 Å². The Labute approximate surface area is 144 Å². The molecule has 0 saturated heterocycles. The highest BCUT2D eigenvalue weighted by atomic mass is 16.6. The fraction of sp³-hybridized carbons (Fsp3) is 0.111.